The number of phenols is 5. The van der Waals surface area contributed by atoms with Crippen molar-refractivity contribution in [3.8, 4) is 34.5 Å². The third-order valence-corrected chi connectivity index (χ3v) is 4.88. The van der Waals surface area contributed by atoms with Crippen molar-refractivity contribution in [3.05, 3.63) is 71.3 Å². The van der Waals surface area contributed by atoms with Crippen molar-refractivity contribution in [1.29, 1.82) is 0 Å². The molecule has 1 aliphatic rings. The van der Waals surface area contributed by atoms with E-state index in [1.54, 1.807) is 18.2 Å². The summed E-state index contributed by atoms with van der Waals surface area (Å²) in [6.45, 7) is 0. The van der Waals surface area contributed by atoms with Gasteiger partial charge in [0.25, 0.3) is 0 Å². The van der Waals surface area contributed by atoms with E-state index < -0.39 is 35.4 Å². The number of fused-ring (bicyclic) bond motifs is 1. The lowest BCUT2D eigenvalue weighted by atomic mass is 9.94. The van der Waals surface area contributed by atoms with E-state index in [4.69, 9.17) is 9.47 Å². The van der Waals surface area contributed by atoms with Gasteiger partial charge in [0.15, 0.2) is 34.9 Å². The van der Waals surface area contributed by atoms with E-state index in [-0.39, 0.29) is 17.1 Å². The molecule has 0 saturated carbocycles. The molecule has 0 unspecified atom stereocenters. The molecule has 0 bridgehead atoms. The maximum Gasteiger partial charge on any atom is 0.338 e. The Balaban J connectivity index is 1.68. The van der Waals surface area contributed by atoms with E-state index >= 15 is 0 Å². The molecule has 2 atom stereocenters. The Kier molecular flexibility index (Phi) is 4.75. The van der Waals surface area contributed by atoms with E-state index in [2.05, 4.69) is 0 Å². The summed E-state index contributed by atoms with van der Waals surface area (Å²) < 4.78 is 11.6. The van der Waals surface area contributed by atoms with Gasteiger partial charge in [-0.25, -0.2) is 4.79 Å². The Morgan fingerprint density at radius 2 is 1.57 bits per heavy atom. The number of carbonyl (C=O) groups is 1. The molecule has 0 fully saturated rings. The number of phenolic OH excluding ortho intramolecular Hbond substituents is 5. The third-order valence-electron chi connectivity index (χ3n) is 4.88. The molecule has 3 aromatic rings. The molecule has 0 aromatic heterocycles. The highest BCUT2D eigenvalue weighted by molar-refractivity contribution is 5.91. The van der Waals surface area contributed by atoms with Crippen LogP contribution in [-0.4, -0.2) is 37.6 Å². The standard InChI is InChI=1S/C22H18O8/c23-14-6-5-12(7-15(14)24)21-19(10-11-3-1-2-4-18(11)29-21)30-22(28)13-8-16(25)20(27)17(26)9-13/h1-9,19,21,23-27H,10H2/t19-,21-/m1/s1. The molecule has 3 aromatic carbocycles. The first-order chi connectivity index (χ1) is 14.3. The van der Waals surface area contributed by atoms with Crippen LogP contribution in [0.4, 0.5) is 0 Å². The quantitative estimate of drug-likeness (QED) is 0.328. The Morgan fingerprint density at radius 3 is 2.27 bits per heavy atom. The van der Waals surface area contributed by atoms with Gasteiger partial charge in [-0.1, -0.05) is 24.3 Å². The fraction of sp³-hybridized carbons (Fsp3) is 0.136. The van der Waals surface area contributed by atoms with Crippen LogP contribution in [0.3, 0.4) is 0 Å². The smallest absolute Gasteiger partial charge is 0.338 e. The van der Waals surface area contributed by atoms with E-state index in [9.17, 15) is 30.3 Å². The molecular formula is C22H18O8. The molecule has 1 aliphatic heterocycles. The van der Waals surface area contributed by atoms with Crippen LogP contribution in [0, 0.1) is 0 Å². The molecule has 30 heavy (non-hydrogen) atoms. The Morgan fingerprint density at radius 1 is 0.867 bits per heavy atom. The first kappa shape index (κ1) is 19.3. The zero-order chi connectivity index (χ0) is 21.4. The van der Waals surface area contributed by atoms with Crippen molar-refractivity contribution in [2.45, 2.75) is 18.6 Å². The summed E-state index contributed by atoms with van der Waals surface area (Å²) >= 11 is 0. The van der Waals surface area contributed by atoms with Gasteiger partial charge in [0.2, 0.25) is 0 Å². The van der Waals surface area contributed by atoms with E-state index in [0.717, 1.165) is 17.7 Å². The van der Waals surface area contributed by atoms with Crippen LogP contribution in [0.5, 0.6) is 34.5 Å². The van der Waals surface area contributed by atoms with Crippen molar-refractivity contribution >= 4 is 5.97 Å². The van der Waals surface area contributed by atoms with Crippen molar-refractivity contribution < 1.29 is 39.8 Å². The molecule has 0 aliphatic carbocycles. The van der Waals surface area contributed by atoms with Gasteiger partial charge >= 0.3 is 5.97 Å². The number of rotatable bonds is 3. The summed E-state index contributed by atoms with van der Waals surface area (Å²) in [5.74, 6) is -2.94. The number of hydrogen-bond donors (Lipinski definition) is 5. The molecule has 4 rings (SSSR count). The molecule has 8 heteroatoms. The second kappa shape index (κ2) is 7.40. The van der Waals surface area contributed by atoms with Crippen LogP contribution < -0.4 is 4.74 Å². The minimum atomic E-state index is -0.846. The minimum Gasteiger partial charge on any atom is -0.504 e. The highest BCUT2D eigenvalue weighted by Crippen LogP contribution is 2.40. The molecule has 5 N–H and O–H groups in total. The van der Waals surface area contributed by atoms with Crippen LogP contribution in [0.25, 0.3) is 0 Å². The summed E-state index contributed by atoms with van der Waals surface area (Å²) in [5.41, 5.74) is 1.13. The number of para-hydroxylation sites is 1. The first-order valence-corrected chi connectivity index (χ1v) is 9.06. The van der Waals surface area contributed by atoms with Crippen LogP contribution in [0.1, 0.15) is 27.6 Å². The summed E-state index contributed by atoms with van der Waals surface area (Å²) in [4.78, 5) is 12.7. The first-order valence-electron chi connectivity index (χ1n) is 9.06. The van der Waals surface area contributed by atoms with Crippen molar-refractivity contribution in [3.63, 3.8) is 0 Å². The molecule has 154 valence electrons. The number of esters is 1. The summed E-state index contributed by atoms with van der Waals surface area (Å²) in [5, 5.41) is 48.2. The zero-order valence-corrected chi connectivity index (χ0v) is 15.5. The van der Waals surface area contributed by atoms with Gasteiger partial charge in [-0.05, 0) is 35.9 Å². The van der Waals surface area contributed by atoms with Gasteiger partial charge in [0.05, 0.1) is 5.56 Å². The normalized spacial score (nSPS) is 17.6. The van der Waals surface area contributed by atoms with Gasteiger partial charge in [0.1, 0.15) is 11.9 Å². The second-order valence-corrected chi connectivity index (χ2v) is 6.91. The molecular weight excluding hydrogens is 392 g/mol. The number of ether oxygens (including phenoxy) is 2. The lowest BCUT2D eigenvalue weighted by molar-refractivity contribution is -0.0183. The van der Waals surface area contributed by atoms with Gasteiger partial charge in [-0.3, -0.25) is 0 Å². The topological polar surface area (TPSA) is 137 Å². The van der Waals surface area contributed by atoms with E-state index in [1.807, 2.05) is 12.1 Å². The average molecular weight is 410 g/mol. The van der Waals surface area contributed by atoms with Crippen LogP contribution in [0.15, 0.2) is 54.6 Å². The maximum absolute atomic E-state index is 12.7. The zero-order valence-electron chi connectivity index (χ0n) is 15.5. The van der Waals surface area contributed by atoms with Crippen molar-refractivity contribution in [2.24, 2.45) is 0 Å². The van der Waals surface area contributed by atoms with Gasteiger partial charge in [-0.2, -0.15) is 0 Å². The SMILES string of the molecule is O=C(O[C@@H]1Cc2ccccc2O[C@@H]1c1ccc(O)c(O)c1)c1cc(O)c(O)c(O)c1. The molecule has 0 amide bonds. The van der Waals surface area contributed by atoms with Gasteiger partial charge in [-0.15, -0.1) is 0 Å². The largest absolute Gasteiger partial charge is 0.504 e. The monoisotopic (exact) mass is 410 g/mol. The average Bonchev–Trinajstić information content (AvgIpc) is 2.73. The number of hydrogen-bond acceptors (Lipinski definition) is 8. The Labute approximate surface area is 170 Å². The maximum atomic E-state index is 12.7. The minimum absolute atomic E-state index is 0.158. The molecule has 0 spiro atoms. The second-order valence-electron chi connectivity index (χ2n) is 6.91. The van der Waals surface area contributed by atoms with Crippen LogP contribution in [-0.2, 0) is 11.2 Å². The van der Waals surface area contributed by atoms with Crippen molar-refractivity contribution in [2.75, 3.05) is 0 Å². The highest BCUT2D eigenvalue weighted by Gasteiger charge is 2.35. The summed E-state index contributed by atoms with van der Waals surface area (Å²) in [7, 11) is 0. The number of carbonyl (C=O) groups excluding carboxylic acids is 1. The molecule has 0 saturated heterocycles. The third kappa shape index (κ3) is 3.50. The Hall–Kier alpha value is -4.07. The predicted molar refractivity (Wildman–Crippen MR) is 104 cm³/mol. The van der Waals surface area contributed by atoms with E-state index in [0.29, 0.717) is 17.7 Å². The summed E-state index contributed by atoms with van der Waals surface area (Å²) in [6.07, 6.45) is -1.28. The highest BCUT2D eigenvalue weighted by atomic mass is 16.6. The summed E-state index contributed by atoms with van der Waals surface area (Å²) in [6, 6.07) is 13.4. The number of benzene rings is 3. The van der Waals surface area contributed by atoms with Gasteiger partial charge in [0, 0.05) is 12.0 Å². The van der Waals surface area contributed by atoms with Gasteiger partial charge < -0.3 is 35.0 Å². The predicted octanol–water partition coefficient (Wildman–Crippen LogP) is 3.12. The fourth-order valence-corrected chi connectivity index (χ4v) is 3.36. The molecule has 8 nitrogen and oxygen atoms in total. The molecule has 1 heterocycles. The molecule has 0 radical (unpaired) electrons. The Bertz CT molecular complexity index is 1100. The number of aromatic hydroxyl groups is 5. The fourth-order valence-electron chi connectivity index (χ4n) is 3.36. The lowest BCUT2D eigenvalue weighted by Crippen LogP contribution is -2.34. The van der Waals surface area contributed by atoms with Crippen LogP contribution >= 0.6 is 0 Å². The van der Waals surface area contributed by atoms with E-state index in [1.165, 1.54) is 12.1 Å². The van der Waals surface area contributed by atoms with Crippen molar-refractivity contribution in [1.82, 2.24) is 0 Å². The lowest BCUT2D eigenvalue weighted by Gasteiger charge is -2.33. The van der Waals surface area contributed by atoms with Crippen LogP contribution in [0.2, 0.25) is 0 Å².